The van der Waals surface area contributed by atoms with Gasteiger partial charge in [0.25, 0.3) is 0 Å². The molecule has 2 rings (SSSR count). The fraction of sp³-hybridized carbons (Fsp3) is 0.125. The Morgan fingerprint density at radius 3 is 3.20 bits per heavy atom. The second-order valence-electron chi connectivity index (χ2n) is 2.69. The first-order chi connectivity index (χ1) is 7.40. The predicted molar refractivity (Wildman–Crippen MR) is 50.5 cm³/mol. The summed E-state index contributed by atoms with van der Waals surface area (Å²) in [6.45, 7) is 0.424. The van der Waals surface area contributed by atoms with Crippen molar-refractivity contribution in [3.63, 3.8) is 0 Å². The zero-order chi connectivity index (χ0) is 10.5. The zero-order valence-electron chi connectivity index (χ0n) is 7.68. The van der Waals surface area contributed by atoms with E-state index in [1.54, 1.807) is 6.07 Å². The van der Waals surface area contributed by atoms with Gasteiger partial charge in [-0.15, -0.1) is 5.10 Å². The third-order valence-corrected chi connectivity index (χ3v) is 1.73. The van der Waals surface area contributed by atoms with Gasteiger partial charge >= 0.3 is 0 Å². The normalized spacial score (nSPS) is 9.53. The van der Waals surface area contributed by atoms with Crippen molar-refractivity contribution in [2.45, 2.75) is 6.54 Å². The van der Waals surface area contributed by atoms with E-state index in [0.29, 0.717) is 23.8 Å². The summed E-state index contributed by atoms with van der Waals surface area (Å²) in [7, 11) is 0. The van der Waals surface area contributed by atoms with E-state index in [1.807, 2.05) is 6.07 Å². The molecule has 0 saturated heterocycles. The number of nitrogens with one attached hydrogen (secondary N) is 2. The summed E-state index contributed by atoms with van der Waals surface area (Å²) in [5.41, 5.74) is 0.449. The van der Waals surface area contributed by atoms with Crippen LogP contribution in [0.3, 0.4) is 0 Å². The monoisotopic (exact) mass is 201 g/mol. The first-order valence-electron chi connectivity index (χ1n) is 4.20. The van der Waals surface area contributed by atoms with Gasteiger partial charge in [-0.2, -0.15) is 15.5 Å². The van der Waals surface area contributed by atoms with E-state index in [0.717, 1.165) is 0 Å². The van der Waals surface area contributed by atoms with E-state index in [1.165, 1.54) is 12.5 Å². The van der Waals surface area contributed by atoms with E-state index >= 15 is 0 Å². The molecular weight excluding hydrogens is 194 g/mol. The molecule has 2 heterocycles. The van der Waals surface area contributed by atoms with Gasteiger partial charge in [-0.1, -0.05) is 0 Å². The van der Waals surface area contributed by atoms with Crippen LogP contribution in [0.1, 0.15) is 11.4 Å². The van der Waals surface area contributed by atoms with E-state index < -0.39 is 0 Å². The van der Waals surface area contributed by atoms with Crippen LogP contribution in [0.25, 0.3) is 0 Å². The van der Waals surface area contributed by atoms with E-state index in [9.17, 15) is 0 Å². The first kappa shape index (κ1) is 9.08. The van der Waals surface area contributed by atoms with Crippen LogP contribution in [0.5, 0.6) is 0 Å². The van der Waals surface area contributed by atoms with Gasteiger partial charge in [0.1, 0.15) is 18.2 Å². The molecule has 7 nitrogen and oxygen atoms in total. The minimum Gasteiger partial charge on any atom is -0.360 e. The summed E-state index contributed by atoms with van der Waals surface area (Å²) in [5.74, 6) is 1.11. The number of anilines is 1. The average molecular weight is 201 g/mol. The lowest BCUT2D eigenvalue weighted by Crippen LogP contribution is -2.05. The minimum absolute atomic E-state index is 0.424. The molecule has 2 aromatic heterocycles. The Hall–Kier alpha value is -2.49. The van der Waals surface area contributed by atoms with Crippen molar-refractivity contribution in [1.29, 1.82) is 5.26 Å². The van der Waals surface area contributed by atoms with Crippen LogP contribution in [0.4, 0.5) is 5.82 Å². The molecule has 0 fully saturated rings. The molecule has 0 aliphatic rings. The second kappa shape index (κ2) is 4.15. The molecule has 0 bridgehead atoms. The van der Waals surface area contributed by atoms with Gasteiger partial charge in [-0.3, -0.25) is 5.10 Å². The van der Waals surface area contributed by atoms with Crippen molar-refractivity contribution in [1.82, 2.24) is 25.4 Å². The molecule has 7 heteroatoms. The molecule has 2 aromatic rings. The number of rotatable bonds is 3. The molecule has 0 radical (unpaired) electrons. The number of aromatic amines is 1. The first-order valence-corrected chi connectivity index (χ1v) is 4.20. The van der Waals surface area contributed by atoms with E-state index in [2.05, 4.69) is 30.7 Å². The van der Waals surface area contributed by atoms with Crippen LogP contribution < -0.4 is 5.32 Å². The lowest BCUT2D eigenvalue weighted by molar-refractivity contribution is 0.928. The van der Waals surface area contributed by atoms with Gasteiger partial charge in [0.15, 0.2) is 5.82 Å². The second-order valence-corrected chi connectivity index (χ2v) is 2.69. The molecule has 15 heavy (non-hydrogen) atoms. The molecule has 0 saturated carbocycles. The van der Waals surface area contributed by atoms with Crippen LogP contribution in [0.2, 0.25) is 0 Å². The fourth-order valence-corrected chi connectivity index (χ4v) is 1.04. The summed E-state index contributed by atoms with van der Waals surface area (Å²) in [6.07, 6.45) is 2.89. The zero-order valence-corrected chi connectivity index (χ0v) is 7.68. The maximum absolute atomic E-state index is 8.78. The number of aromatic nitrogens is 5. The van der Waals surface area contributed by atoms with Crippen molar-refractivity contribution in [2.75, 3.05) is 5.32 Å². The number of hydrogen-bond acceptors (Lipinski definition) is 6. The molecular formula is C8H7N7. The molecule has 74 valence electrons. The molecule has 0 spiro atoms. The lowest BCUT2D eigenvalue weighted by Gasteiger charge is -2.02. The summed E-state index contributed by atoms with van der Waals surface area (Å²) < 4.78 is 0. The Bertz CT molecular complexity index is 470. The highest BCUT2D eigenvalue weighted by molar-refractivity contribution is 5.49. The molecule has 0 aliphatic carbocycles. The van der Waals surface area contributed by atoms with Crippen LogP contribution in [-0.2, 0) is 6.54 Å². The fourth-order valence-electron chi connectivity index (χ4n) is 1.04. The summed E-state index contributed by atoms with van der Waals surface area (Å²) in [4.78, 5) is 3.93. The lowest BCUT2D eigenvalue weighted by atomic mass is 10.3. The van der Waals surface area contributed by atoms with Crippen LogP contribution in [0.15, 0.2) is 18.6 Å². The molecule has 0 atom stereocenters. The third kappa shape index (κ3) is 2.05. The van der Waals surface area contributed by atoms with Gasteiger partial charge < -0.3 is 5.32 Å². The van der Waals surface area contributed by atoms with Gasteiger partial charge in [0.2, 0.25) is 0 Å². The van der Waals surface area contributed by atoms with Crippen LogP contribution in [-0.4, -0.2) is 25.4 Å². The SMILES string of the molecule is N#Cc1ccnnc1NCc1ncn[nH]1. The van der Waals surface area contributed by atoms with Crippen molar-refractivity contribution in [2.24, 2.45) is 0 Å². The smallest absolute Gasteiger partial charge is 0.167 e. The Balaban J connectivity index is 2.08. The number of H-pyrrole nitrogens is 1. The Morgan fingerprint density at radius 1 is 1.53 bits per heavy atom. The predicted octanol–water partition coefficient (Wildman–Crippen LogP) is 0.0785. The van der Waals surface area contributed by atoms with Crippen LogP contribution >= 0.6 is 0 Å². The summed E-state index contributed by atoms with van der Waals surface area (Å²) >= 11 is 0. The highest BCUT2D eigenvalue weighted by atomic mass is 15.2. The highest BCUT2D eigenvalue weighted by Gasteiger charge is 2.03. The molecule has 0 aromatic carbocycles. The largest absolute Gasteiger partial charge is 0.360 e. The van der Waals surface area contributed by atoms with E-state index in [-0.39, 0.29) is 0 Å². The maximum atomic E-state index is 8.78. The van der Waals surface area contributed by atoms with Gasteiger partial charge in [-0.25, -0.2) is 4.98 Å². The van der Waals surface area contributed by atoms with Crippen molar-refractivity contribution >= 4 is 5.82 Å². The van der Waals surface area contributed by atoms with Crippen LogP contribution in [0, 0.1) is 11.3 Å². The van der Waals surface area contributed by atoms with E-state index in [4.69, 9.17) is 5.26 Å². The summed E-state index contributed by atoms with van der Waals surface area (Å²) in [5, 5.41) is 25.6. The number of hydrogen-bond donors (Lipinski definition) is 2. The topological polar surface area (TPSA) is 103 Å². The molecule has 0 aliphatic heterocycles. The average Bonchev–Trinajstić information content (AvgIpc) is 2.79. The summed E-state index contributed by atoms with van der Waals surface area (Å²) in [6, 6.07) is 3.61. The van der Waals surface area contributed by atoms with Crippen molar-refractivity contribution in [3.05, 3.63) is 30.0 Å². The highest BCUT2D eigenvalue weighted by Crippen LogP contribution is 2.08. The van der Waals surface area contributed by atoms with Gasteiger partial charge in [0.05, 0.1) is 18.3 Å². The standard InChI is InChI=1S/C8H7N7/c9-3-6-1-2-12-15-8(6)10-4-7-11-5-13-14-7/h1-2,5H,4H2,(H,10,15)(H,11,13,14). The Morgan fingerprint density at radius 2 is 2.47 bits per heavy atom. The number of nitriles is 1. The third-order valence-electron chi connectivity index (χ3n) is 1.73. The van der Waals surface area contributed by atoms with Crippen molar-refractivity contribution < 1.29 is 0 Å². The molecule has 0 unspecified atom stereocenters. The molecule has 0 amide bonds. The minimum atomic E-state index is 0.424. The van der Waals surface area contributed by atoms with Gasteiger partial charge in [-0.05, 0) is 6.07 Å². The quantitative estimate of drug-likeness (QED) is 0.728. The Kier molecular flexibility index (Phi) is 2.51. The number of nitrogens with zero attached hydrogens (tertiary/aromatic N) is 5. The maximum Gasteiger partial charge on any atom is 0.167 e. The van der Waals surface area contributed by atoms with Gasteiger partial charge in [0, 0.05) is 0 Å². The Labute approximate surface area is 85.2 Å². The van der Waals surface area contributed by atoms with Crippen molar-refractivity contribution in [3.8, 4) is 6.07 Å². The molecule has 2 N–H and O–H groups in total.